The molecule has 0 aliphatic carbocycles. The van der Waals surface area contributed by atoms with E-state index in [0.717, 1.165) is 22.8 Å². The van der Waals surface area contributed by atoms with Crippen LogP contribution < -0.4 is 4.90 Å². The molecule has 2 aromatic heterocycles. The van der Waals surface area contributed by atoms with E-state index < -0.39 is 0 Å². The maximum atomic E-state index is 14.5. The van der Waals surface area contributed by atoms with Crippen LogP contribution in [0.3, 0.4) is 0 Å². The Hall–Kier alpha value is -3.65. The van der Waals surface area contributed by atoms with Crippen LogP contribution in [0.1, 0.15) is 15.5 Å². The number of aromatic nitrogens is 3. The van der Waals surface area contributed by atoms with Crippen molar-refractivity contribution < 1.29 is 9.18 Å². The largest absolute Gasteiger partial charge is 0.335 e. The molecule has 6 nitrogen and oxygen atoms in total. The van der Waals surface area contributed by atoms with Gasteiger partial charge in [0.2, 0.25) is 5.95 Å². The van der Waals surface area contributed by atoms with Gasteiger partial charge < -0.3 is 9.80 Å². The molecule has 0 bridgehead atoms. The summed E-state index contributed by atoms with van der Waals surface area (Å²) in [5, 5.41) is 0.747. The average Bonchev–Trinajstić information content (AvgIpc) is 3.40. The van der Waals surface area contributed by atoms with Crippen molar-refractivity contribution in [1.29, 1.82) is 0 Å². The predicted molar refractivity (Wildman–Crippen MR) is 130 cm³/mol. The molecule has 2 aliphatic heterocycles. The predicted octanol–water partition coefficient (Wildman–Crippen LogP) is 4.68. The first-order chi connectivity index (χ1) is 16.6. The summed E-state index contributed by atoms with van der Waals surface area (Å²) in [5.74, 6) is 0.567. The third kappa shape index (κ3) is 3.54. The van der Waals surface area contributed by atoms with Gasteiger partial charge in [-0.1, -0.05) is 48.5 Å². The van der Waals surface area contributed by atoms with Crippen LogP contribution in [-0.4, -0.2) is 51.4 Å². The number of likely N-dealkylation sites (tertiary alicyclic amines) is 1. The number of nitrogens with zero attached hydrogens (tertiary/aromatic N) is 5. The van der Waals surface area contributed by atoms with Crippen molar-refractivity contribution >= 4 is 23.2 Å². The van der Waals surface area contributed by atoms with E-state index in [0.29, 0.717) is 41.1 Å². The third-order valence-corrected chi connectivity index (χ3v) is 7.55. The van der Waals surface area contributed by atoms with Gasteiger partial charge in [0, 0.05) is 42.9 Å². The van der Waals surface area contributed by atoms with Crippen molar-refractivity contribution in [1.82, 2.24) is 19.9 Å². The summed E-state index contributed by atoms with van der Waals surface area (Å²) < 4.78 is 14.5. The van der Waals surface area contributed by atoms with Crippen LogP contribution in [0.2, 0.25) is 0 Å². The number of amides is 1. The number of thiazole rings is 1. The van der Waals surface area contributed by atoms with Crippen LogP contribution in [0.4, 0.5) is 10.3 Å². The number of carbonyl (C=O) groups excluding carboxylic acids is 1. The number of halogens is 1. The van der Waals surface area contributed by atoms with E-state index in [9.17, 15) is 9.18 Å². The minimum absolute atomic E-state index is 0.143. The highest BCUT2D eigenvalue weighted by Crippen LogP contribution is 2.38. The molecule has 0 saturated carbocycles. The topological polar surface area (TPSA) is 62.2 Å². The van der Waals surface area contributed by atoms with E-state index in [-0.39, 0.29) is 17.8 Å². The van der Waals surface area contributed by atoms with E-state index in [1.165, 1.54) is 17.4 Å². The van der Waals surface area contributed by atoms with Crippen molar-refractivity contribution in [3.05, 3.63) is 83.4 Å². The van der Waals surface area contributed by atoms with Crippen LogP contribution in [0.25, 0.3) is 21.7 Å². The molecule has 2 saturated heterocycles. The summed E-state index contributed by atoms with van der Waals surface area (Å²) >= 11 is 1.35. The van der Waals surface area contributed by atoms with Crippen LogP contribution >= 0.6 is 11.3 Å². The van der Waals surface area contributed by atoms with Crippen LogP contribution in [0, 0.1) is 18.7 Å². The van der Waals surface area contributed by atoms with Gasteiger partial charge in [-0.05, 0) is 19.1 Å². The van der Waals surface area contributed by atoms with Crippen LogP contribution in [0.5, 0.6) is 0 Å². The normalized spacial score (nSPS) is 19.1. The highest BCUT2D eigenvalue weighted by atomic mass is 32.1. The summed E-state index contributed by atoms with van der Waals surface area (Å²) in [6, 6.07) is 18.7. The van der Waals surface area contributed by atoms with Gasteiger partial charge in [-0.25, -0.2) is 19.3 Å². The molecule has 170 valence electrons. The van der Waals surface area contributed by atoms with Crippen molar-refractivity contribution in [3.8, 4) is 21.7 Å². The number of rotatable bonds is 4. The molecule has 2 aliphatic rings. The quantitative estimate of drug-likeness (QED) is 0.433. The smallest absolute Gasteiger partial charge is 0.274 e. The SMILES string of the molecule is Cc1nc(C(=O)N2C[C@@H]3CN(c4nccc(-c5ccccc5)n4)[C@@H]3C2)c(-c2ccccc2F)s1. The number of aryl methyl sites for hydroxylation is 1. The van der Waals surface area contributed by atoms with Gasteiger partial charge in [-0.3, -0.25) is 4.79 Å². The fraction of sp³-hybridized carbons (Fsp3) is 0.231. The lowest BCUT2D eigenvalue weighted by molar-refractivity contribution is 0.0785. The number of carbonyl (C=O) groups is 1. The van der Waals surface area contributed by atoms with Crippen molar-refractivity contribution in [3.63, 3.8) is 0 Å². The molecule has 6 rings (SSSR count). The minimum Gasteiger partial charge on any atom is -0.335 e. The second kappa shape index (κ2) is 8.29. The Bertz CT molecular complexity index is 1370. The zero-order valence-electron chi connectivity index (χ0n) is 18.6. The number of anilines is 1. The van der Waals surface area contributed by atoms with Gasteiger partial charge >= 0.3 is 0 Å². The summed E-state index contributed by atoms with van der Waals surface area (Å²) in [6.45, 7) is 3.89. The highest BCUT2D eigenvalue weighted by Gasteiger charge is 2.48. The highest BCUT2D eigenvalue weighted by molar-refractivity contribution is 7.15. The fourth-order valence-electron chi connectivity index (χ4n) is 4.84. The molecular formula is C26H22FN5OS. The molecule has 2 atom stereocenters. The first kappa shape index (κ1) is 20.9. The van der Waals surface area contributed by atoms with Crippen LogP contribution in [-0.2, 0) is 0 Å². The number of hydrogen-bond donors (Lipinski definition) is 0. The molecule has 4 heterocycles. The summed E-state index contributed by atoms with van der Waals surface area (Å²) in [5.41, 5.74) is 2.69. The Morgan fingerprint density at radius 2 is 1.79 bits per heavy atom. The van der Waals surface area contributed by atoms with E-state index in [1.807, 2.05) is 48.2 Å². The molecule has 0 radical (unpaired) electrons. The molecule has 0 spiro atoms. The zero-order valence-corrected chi connectivity index (χ0v) is 19.4. The monoisotopic (exact) mass is 471 g/mol. The summed E-state index contributed by atoms with van der Waals surface area (Å²) in [4.78, 5) is 31.8. The van der Waals surface area contributed by atoms with Gasteiger partial charge in [0.05, 0.1) is 21.6 Å². The van der Waals surface area contributed by atoms with Gasteiger partial charge in [-0.2, -0.15) is 0 Å². The second-order valence-corrected chi connectivity index (χ2v) is 9.89. The second-order valence-electron chi connectivity index (χ2n) is 8.69. The average molecular weight is 472 g/mol. The Labute approximate surface area is 200 Å². The minimum atomic E-state index is -0.344. The molecule has 2 fully saturated rings. The Kier molecular flexibility index (Phi) is 5.10. The van der Waals surface area contributed by atoms with E-state index >= 15 is 0 Å². The molecule has 1 amide bonds. The summed E-state index contributed by atoms with van der Waals surface area (Å²) in [6.07, 6.45) is 1.79. The summed E-state index contributed by atoms with van der Waals surface area (Å²) in [7, 11) is 0. The fourth-order valence-corrected chi connectivity index (χ4v) is 5.78. The number of fused-ring (bicyclic) bond motifs is 1. The zero-order chi connectivity index (χ0) is 23.2. The maximum absolute atomic E-state index is 14.5. The molecule has 4 aromatic rings. The molecule has 34 heavy (non-hydrogen) atoms. The Morgan fingerprint density at radius 3 is 2.62 bits per heavy atom. The van der Waals surface area contributed by atoms with Gasteiger partial charge in [0.15, 0.2) is 0 Å². The van der Waals surface area contributed by atoms with E-state index in [2.05, 4.69) is 14.9 Å². The first-order valence-corrected chi connectivity index (χ1v) is 12.1. The number of benzene rings is 2. The lowest BCUT2D eigenvalue weighted by atomic mass is 9.92. The Balaban J connectivity index is 1.22. The van der Waals surface area contributed by atoms with E-state index in [1.54, 1.807) is 24.4 Å². The molecule has 8 heteroatoms. The molecule has 0 N–H and O–H groups in total. The molecule has 2 aromatic carbocycles. The lowest BCUT2D eigenvalue weighted by Crippen LogP contribution is -2.56. The van der Waals surface area contributed by atoms with Crippen molar-refractivity contribution in [2.24, 2.45) is 5.92 Å². The number of hydrogen-bond acceptors (Lipinski definition) is 6. The molecule has 0 unspecified atom stereocenters. The van der Waals surface area contributed by atoms with Crippen molar-refractivity contribution in [2.75, 3.05) is 24.5 Å². The first-order valence-electron chi connectivity index (χ1n) is 11.2. The lowest BCUT2D eigenvalue weighted by Gasteiger charge is -2.43. The Morgan fingerprint density at radius 1 is 1.00 bits per heavy atom. The van der Waals surface area contributed by atoms with Crippen LogP contribution in [0.15, 0.2) is 66.9 Å². The third-order valence-electron chi connectivity index (χ3n) is 6.55. The van der Waals surface area contributed by atoms with Crippen molar-refractivity contribution in [2.45, 2.75) is 13.0 Å². The van der Waals surface area contributed by atoms with Gasteiger partial charge in [-0.15, -0.1) is 11.3 Å². The standard InChI is InChI=1S/C26H22FN5OS/c1-16-29-23(24(34-16)19-9-5-6-10-20(19)27)25(33)31-13-18-14-32(22(18)15-31)26-28-12-11-21(30-26)17-7-3-2-4-8-17/h2-12,18,22H,13-15H2,1H3/t18-,22-/m1/s1. The van der Waals surface area contributed by atoms with E-state index in [4.69, 9.17) is 4.98 Å². The van der Waals surface area contributed by atoms with Gasteiger partial charge in [0.1, 0.15) is 11.5 Å². The maximum Gasteiger partial charge on any atom is 0.274 e. The van der Waals surface area contributed by atoms with Gasteiger partial charge in [0.25, 0.3) is 5.91 Å². The molecular weight excluding hydrogens is 449 g/mol.